The van der Waals surface area contributed by atoms with Crippen molar-refractivity contribution in [3.05, 3.63) is 0 Å². The molecule has 114 valence electrons. The van der Waals surface area contributed by atoms with Gasteiger partial charge in [0.1, 0.15) is 0 Å². The molecule has 2 aliphatic rings. The standard InChI is InChI=1S/C15H26N2O3/c18-13(9-12-5-4-8-16-10-12)17-11-15(14(19)20)6-2-1-3-7-15/h12,16H,1-11H2,(H,17,18)(H,19,20). The van der Waals surface area contributed by atoms with Gasteiger partial charge in [0.05, 0.1) is 5.41 Å². The lowest BCUT2D eigenvalue weighted by atomic mass is 9.74. The SMILES string of the molecule is O=C(CC1CCCNC1)NCC1(C(=O)O)CCCCC1. The van der Waals surface area contributed by atoms with Gasteiger partial charge in [-0.05, 0) is 44.7 Å². The lowest BCUT2D eigenvalue weighted by Crippen LogP contribution is -2.45. The Balaban J connectivity index is 1.79. The average Bonchev–Trinajstić information content (AvgIpc) is 2.47. The molecule has 20 heavy (non-hydrogen) atoms. The number of piperidine rings is 1. The van der Waals surface area contributed by atoms with Gasteiger partial charge < -0.3 is 15.7 Å². The van der Waals surface area contributed by atoms with Crippen LogP contribution in [-0.4, -0.2) is 36.6 Å². The summed E-state index contributed by atoms with van der Waals surface area (Å²) in [6, 6.07) is 0. The van der Waals surface area contributed by atoms with E-state index in [9.17, 15) is 14.7 Å². The van der Waals surface area contributed by atoms with Crippen LogP contribution in [0.3, 0.4) is 0 Å². The third kappa shape index (κ3) is 3.95. The van der Waals surface area contributed by atoms with Crippen LogP contribution in [0.25, 0.3) is 0 Å². The van der Waals surface area contributed by atoms with Crippen molar-refractivity contribution in [3.63, 3.8) is 0 Å². The number of aliphatic carboxylic acids is 1. The zero-order valence-electron chi connectivity index (χ0n) is 12.1. The first-order valence-corrected chi connectivity index (χ1v) is 7.83. The molecule has 1 heterocycles. The highest BCUT2D eigenvalue weighted by atomic mass is 16.4. The van der Waals surface area contributed by atoms with Crippen LogP contribution in [0.4, 0.5) is 0 Å². The first kappa shape index (κ1) is 15.3. The van der Waals surface area contributed by atoms with Crippen LogP contribution < -0.4 is 10.6 Å². The van der Waals surface area contributed by atoms with E-state index in [1.54, 1.807) is 0 Å². The quantitative estimate of drug-likeness (QED) is 0.714. The fraction of sp³-hybridized carbons (Fsp3) is 0.867. The summed E-state index contributed by atoms with van der Waals surface area (Å²) in [6.07, 6.45) is 7.12. The van der Waals surface area contributed by atoms with Crippen molar-refractivity contribution < 1.29 is 14.7 Å². The number of nitrogens with one attached hydrogen (secondary N) is 2. The van der Waals surface area contributed by atoms with Gasteiger partial charge >= 0.3 is 5.97 Å². The van der Waals surface area contributed by atoms with Gasteiger partial charge in [-0.15, -0.1) is 0 Å². The normalized spacial score (nSPS) is 25.9. The maximum atomic E-state index is 12.0. The second kappa shape index (κ2) is 7.07. The summed E-state index contributed by atoms with van der Waals surface area (Å²) in [5, 5.41) is 15.6. The van der Waals surface area contributed by atoms with E-state index >= 15 is 0 Å². The number of carbonyl (C=O) groups is 2. The van der Waals surface area contributed by atoms with E-state index in [2.05, 4.69) is 10.6 Å². The monoisotopic (exact) mass is 282 g/mol. The zero-order valence-corrected chi connectivity index (χ0v) is 12.1. The van der Waals surface area contributed by atoms with E-state index in [0.717, 1.165) is 45.2 Å². The lowest BCUT2D eigenvalue weighted by molar-refractivity contribution is -0.151. The van der Waals surface area contributed by atoms with Gasteiger partial charge in [0.15, 0.2) is 0 Å². The maximum absolute atomic E-state index is 12.0. The van der Waals surface area contributed by atoms with Crippen LogP contribution in [0.15, 0.2) is 0 Å². The topological polar surface area (TPSA) is 78.4 Å². The molecule has 0 aromatic heterocycles. The molecular formula is C15H26N2O3. The van der Waals surface area contributed by atoms with Crippen LogP contribution in [0.2, 0.25) is 0 Å². The Hall–Kier alpha value is -1.10. The van der Waals surface area contributed by atoms with Gasteiger partial charge in [0, 0.05) is 13.0 Å². The van der Waals surface area contributed by atoms with Crippen molar-refractivity contribution in [1.82, 2.24) is 10.6 Å². The molecule has 0 bridgehead atoms. The number of carboxylic acid groups (broad SMARTS) is 1. The van der Waals surface area contributed by atoms with E-state index in [1.165, 1.54) is 0 Å². The molecule has 1 unspecified atom stereocenters. The number of amides is 1. The van der Waals surface area contributed by atoms with Gasteiger partial charge in [0.25, 0.3) is 0 Å². The molecule has 2 fully saturated rings. The van der Waals surface area contributed by atoms with E-state index in [0.29, 0.717) is 31.7 Å². The summed E-state index contributed by atoms with van der Waals surface area (Å²) >= 11 is 0. The lowest BCUT2D eigenvalue weighted by Gasteiger charge is -2.33. The number of carbonyl (C=O) groups excluding carboxylic acids is 1. The van der Waals surface area contributed by atoms with Gasteiger partial charge in [-0.25, -0.2) is 0 Å². The summed E-state index contributed by atoms with van der Waals surface area (Å²) in [6.45, 7) is 2.24. The minimum atomic E-state index is -0.753. The Labute approximate surface area is 120 Å². The van der Waals surface area contributed by atoms with Gasteiger partial charge in [-0.2, -0.15) is 0 Å². The van der Waals surface area contributed by atoms with Crippen LogP contribution in [0, 0.1) is 11.3 Å². The highest BCUT2D eigenvalue weighted by Gasteiger charge is 2.39. The summed E-state index contributed by atoms with van der Waals surface area (Å²) in [7, 11) is 0. The minimum absolute atomic E-state index is 0.00454. The fourth-order valence-electron chi connectivity index (χ4n) is 3.40. The number of hydrogen-bond acceptors (Lipinski definition) is 3. The predicted molar refractivity (Wildman–Crippen MR) is 76.4 cm³/mol. The molecule has 5 heteroatoms. The molecule has 0 aromatic carbocycles. The van der Waals surface area contributed by atoms with Crippen molar-refractivity contribution >= 4 is 11.9 Å². The molecule has 0 spiro atoms. The van der Waals surface area contributed by atoms with Gasteiger partial charge in [0.2, 0.25) is 5.91 Å². The zero-order chi connectivity index (χ0) is 14.4. The van der Waals surface area contributed by atoms with E-state index in [-0.39, 0.29) is 5.91 Å². The molecule has 1 atom stereocenters. The summed E-state index contributed by atoms with van der Waals surface area (Å²) in [5.41, 5.74) is -0.723. The average molecular weight is 282 g/mol. The van der Waals surface area contributed by atoms with Crippen molar-refractivity contribution in [3.8, 4) is 0 Å². The number of hydrogen-bond donors (Lipinski definition) is 3. The van der Waals surface area contributed by atoms with Crippen molar-refractivity contribution in [2.24, 2.45) is 11.3 Å². The Morgan fingerprint density at radius 2 is 1.95 bits per heavy atom. The molecule has 1 aliphatic carbocycles. The molecular weight excluding hydrogens is 256 g/mol. The summed E-state index contributed by atoms with van der Waals surface area (Å²) < 4.78 is 0. The maximum Gasteiger partial charge on any atom is 0.311 e. The van der Waals surface area contributed by atoms with E-state index in [4.69, 9.17) is 0 Å². The van der Waals surface area contributed by atoms with Crippen molar-refractivity contribution in [2.45, 2.75) is 51.4 Å². The van der Waals surface area contributed by atoms with Gasteiger partial charge in [-0.3, -0.25) is 9.59 Å². The first-order valence-electron chi connectivity index (χ1n) is 7.83. The molecule has 3 N–H and O–H groups in total. The molecule has 0 aromatic rings. The number of carboxylic acids is 1. The fourth-order valence-corrected chi connectivity index (χ4v) is 3.40. The third-order valence-corrected chi connectivity index (χ3v) is 4.76. The number of rotatable bonds is 5. The Kier molecular flexibility index (Phi) is 5.40. The van der Waals surface area contributed by atoms with E-state index in [1.807, 2.05) is 0 Å². The molecule has 1 saturated heterocycles. The van der Waals surface area contributed by atoms with Crippen LogP contribution in [0.1, 0.15) is 51.4 Å². The van der Waals surface area contributed by atoms with Gasteiger partial charge in [-0.1, -0.05) is 19.3 Å². The second-order valence-electron chi connectivity index (χ2n) is 6.34. The van der Waals surface area contributed by atoms with Crippen LogP contribution in [-0.2, 0) is 9.59 Å². The summed E-state index contributed by atoms with van der Waals surface area (Å²) in [5.74, 6) is -0.349. The van der Waals surface area contributed by atoms with Crippen molar-refractivity contribution in [1.29, 1.82) is 0 Å². The third-order valence-electron chi connectivity index (χ3n) is 4.76. The van der Waals surface area contributed by atoms with Crippen LogP contribution >= 0.6 is 0 Å². The molecule has 1 aliphatic heterocycles. The summed E-state index contributed by atoms with van der Waals surface area (Å²) in [4.78, 5) is 23.5. The first-order chi connectivity index (χ1) is 9.62. The predicted octanol–water partition coefficient (Wildman–Crippen LogP) is 1.53. The van der Waals surface area contributed by atoms with E-state index < -0.39 is 11.4 Å². The smallest absolute Gasteiger partial charge is 0.311 e. The Bertz CT molecular complexity index is 345. The Morgan fingerprint density at radius 3 is 2.55 bits per heavy atom. The second-order valence-corrected chi connectivity index (χ2v) is 6.34. The molecule has 5 nitrogen and oxygen atoms in total. The van der Waals surface area contributed by atoms with Crippen LogP contribution in [0.5, 0.6) is 0 Å². The molecule has 2 rings (SSSR count). The molecule has 1 amide bonds. The van der Waals surface area contributed by atoms with Crippen molar-refractivity contribution in [2.75, 3.05) is 19.6 Å². The highest BCUT2D eigenvalue weighted by Crippen LogP contribution is 2.36. The Morgan fingerprint density at radius 1 is 1.20 bits per heavy atom. The highest BCUT2D eigenvalue weighted by molar-refractivity contribution is 5.79. The largest absolute Gasteiger partial charge is 0.481 e. The minimum Gasteiger partial charge on any atom is -0.481 e. The molecule has 1 saturated carbocycles. The molecule has 0 radical (unpaired) electrons.